The maximum absolute atomic E-state index is 6.83. The van der Waals surface area contributed by atoms with Crippen LogP contribution in [0, 0.1) is 40.5 Å². The zero-order valence-electron chi connectivity index (χ0n) is 47.3. The van der Waals surface area contributed by atoms with Crippen LogP contribution < -0.4 is 14.5 Å². The summed E-state index contributed by atoms with van der Waals surface area (Å²) < 4.78 is 9.04. The molecule has 0 saturated heterocycles. The van der Waals surface area contributed by atoms with Gasteiger partial charge in [-0.25, -0.2) is 4.98 Å². The molecule has 0 spiro atoms. The summed E-state index contributed by atoms with van der Waals surface area (Å²) in [4.78, 5) is 9.71. The van der Waals surface area contributed by atoms with E-state index in [1.54, 1.807) is 0 Å². The standard InChI is InChI=1S/C70H75N4O.Pt/c1-64(2,3)50-42-43-71-62(44-50)74-58-37-23-22-34-54(58)55-41-40-53(46-61(55)74)75-52-33-26-32-51(45-52)72-47-73(60-39-25-24-38-59(60)72)63-56(69(65(4,5)6,66(7,8)9)48-28-18-16-19-29-48)35-27-36-57(63)70(67(10,11)12,68(13,14)15)49-30-20-17-21-31-49;/h16-44,47H,1-15H3;/q-3;. The maximum Gasteiger partial charge on any atom is 0.135 e. The van der Waals surface area contributed by atoms with Crippen molar-refractivity contribution in [1.82, 2.24) is 9.55 Å². The van der Waals surface area contributed by atoms with Gasteiger partial charge in [0.25, 0.3) is 0 Å². The van der Waals surface area contributed by atoms with Crippen LogP contribution in [0.2, 0.25) is 0 Å². The second kappa shape index (κ2) is 19.5. The van der Waals surface area contributed by atoms with Gasteiger partial charge in [0, 0.05) is 72.2 Å². The predicted molar refractivity (Wildman–Crippen MR) is 315 cm³/mol. The number of aromatic nitrogens is 2. The summed E-state index contributed by atoms with van der Waals surface area (Å²) in [7, 11) is 0. The number of pyridine rings is 1. The first-order chi connectivity index (χ1) is 35.4. The molecule has 1 aliphatic heterocycles. The Morgan fingerprint density at radius 2 is 0.947 bits per heavy atom. The van der Waals surface area contributed by atoms with E-state index in [9.17, 15) is 0 Å². The largest absolute Gasteiger partial charge is 0.509 e. The number of hydrogen-bond donors (Lipinski definition) is 0. The summed E-state index contributed by atoms with van der Waals surface area (Å²) in [6.45, 7) is 38.2. The summed E-state index contributed by atoms with van der Waals surface area (Å²) in [5.41, 5.74) is 10.6. The van der Waals surface area contributed by atoms with E-state index < -0.39 is 10.8 Å². The molecule has 76 heavy (non-hydrogen) atoms. The SMILES string of the molecule is CC(C)(C)c1ccnc(-n2c3[c-]c(Oc4[c-]c(N5[CH-]N(c6c(C(c7ccccc7)(C(C)(C)C)C(C)(C)C)cccc6C(c6ccccc6)(C(C)(C)C)C(C)(C)C)c6ccccc65)ccc4)ccc3c3ccccc32)c1.[Pt]. The Morgan fingerprint density at radius 3 is 1.50 bits per heavy atom. The number of nitrogens with zero attached hydrogens (tertiary/aromatic N) is 4. The molecule has 0 fully saturated rings. The monoisotopic (exact) mass is 1180 g/mol. The third-order valence-electron chi connectivity index (χ3n) is 16.3. The fraction of sp³-hybridized carbons (Fsp3) is 0.314. The van der Waals surface area contributed by atoms with Crippen molar-refractivity contribution in [3.8, 4) is 17.3 Å². The third kappa shape index (κ3) is 8.79. The molecule has 1 aliphatic rings. The Hall–Kier alpha value is -6.42. The number of ether oxygens (including phenoxy) is 1. The molecular weight excluding hydrogens is 1110 g/mol. The van der Waals surface area contributed by atoms with E-state index in [-0.39, 0.29) is 48.1 Å². The van der Waals surface area contributed by atoms with Gasteiger partial charge in [0.1, 0.15) is 5.82 Å². The molecule has 2 aromatic heterocycles. The van der Waals surface area contributed by atoms with Gasteiger partial charge in [0.05, 0.1) is 0 Å². The van der Waals surface area contributed by atoms with E-state index in [1.165, 1.54) is 33.5 Å². The first kappa shape index (κ1) is 54.4. The number of rotatable bonds is 9. The summed E-state index contributed by atoms with van der Waals surface area (Å²) in [5, 5.41) is 2.23. The molecule has 0 aliphatic carbocycles. The number of fused-ring (bicyclic) bond motifs is 4. The first-order valence-electron chi connectivity index (χ1n) is 26.8. The van der Waals surface area contributed by atoms with Gasteiger partial charge in [-0.2, -0.15) is 12.1 Å². The zero-order valence-corrected chi connectivity index (χ0v) is 49.6. The Bertz CT molecular complexity index is 3420. The van der Waals surface area contributed by atoms with Gasteiger partial charge in [0.15, 0.2) is 0 Å². The molecule has 5 nitrogen and oxygen atoms in total. The quantitative estimate of drug-likeness (QED) is 0.135. The van der Waals surface area contributed by atoms with Crippen LogP contribution in [0.4, 0.5) is 22.7 Å². The normalized spacial score (nSPS) is 13.8. The molecule has 10 rings (SSSR count). The second-order valence-electron chi connectivity index (χ2n) is 25.9. The molecule has 0 unspecified atom stereocenters. The van der Waals surface area contributed by atoms with Gasteiger partial charge in [-0.05, 0) is 90.6 Å². The number of anilines is 4. The molecule has 6 heteroatoms. The Kier molecular flexibility index (Phi) is 14.0. The first-order valence-corrected chi connectivity index (χ1v) is 26.8. The zero-order chi connectivity index (χ0) is 53.5. The van der Waals surface area contributed by atoms with Gasteiger partial charge < -0.3 is 19.1 Å². The van der Waals surface area contributed by atoms with Gasteiger partial charge in [-0.3, -0.25) is 0 Å². The number of hydrogen-bond acceptors (Lipinski definition) is 4. The molecule has 0 radical (unpaired) electrons. The molecular formula is C70H75N4OPt-3. The fourth-order valence-electron chi connectivity index (χ4n) is 14.1. The summed E-state index contributed by atoms with van der Waals surface area (Å²) in [6.07, 6.45) is 1.91. The van der Waals surface area contributed by atoms with Crippen LogP contribution in [0.15, 0.2) is 176 Å². The fourth-order valence-corrected chi connectivity index (χ4v) is 14.1. The smallest absolute Gasteiger partial charge is 0.135 e. The molecule has 3 heterocycles. The van der Waals surface area contributed by atoms with Crippen LogP contribution in [0.5, 0.6) is 11.5 Å². The summed E-state index contributed by atoms with van der Waals surface area (Å²) >= 11 is 0. The number of benzene rings is 7. The molecule has 394 valence electrons. The van der Waals surface area contributed by atoms with Crippen LogP contribution in [-0.4, -0.2) is 9.55 Å². The molecule has 0 atom stereocenters. The van der Waals surface area contributed by atoms with E-state index in [0.29, 0.717) is 11.5 Å². The van der Waals surface area contributed by atoms with E-state index in [1.807, 2.05) is 18.3 Å². The van der Waals surface area contributed by atoms with Crippen molar-refractivity contribution >= 4 is 44.6 Å². The van der Waals surface area contributed by atoms with Crippen LogP contribution in [0.3, 0.4) is 0 Å². The topological polar surface area (TPSA) is 33.5 Å². The molecule has 0 saturated carbocycles. The van der Waals surface area contributed by atoms with Crippen molar-refractivity contribution in [2.75, 3.05) is 9.80 Å². The van der Waals surface area contributed by atoms with Crippen LogP contribution in [0.1, 0.15) is 132 Å². The molecule has 0 amide bonds. The van der Waals surface area contributed by atoms with Gasteiger partial charge in [0.2, 0.25) is 0 Å². The average Bonchev–Trinajstić information content (AvgIpc) is 3.95. The van der Waals surface area contributed by atoms with E-state index in [2.05, 4.69) is 295 Å². The van der Waals surface area contributed by atoms with E-state index in [4.69, 9.17) is 9.72 Å². The molecule has 7 aromatic carbocycles. The predicted octanol–water partition coefficient (Wildman–Crippen LogP) is 19.0. The number of para-hydroxylation sites is 4. The van der Waals surface area contributed by atoms with Crippen molar-refractivity contribution in [2.24, 2.45) is 21.7 Å². The minimum absolute atomic E-state index is 0. The van der Waals surface area contributed by atoms with Gasteiger partial charge >= 0.3 is 0 Å². The van der Waals surface area contributed by atoms with E-state index >= 15 is 0 Å². The van der Waals surface area contributed by atoms with Crippen LogP contribution >= 0.6 is 0 Å². The minimum atomic E-state index is -0.490. The summed E-state index contributed by atoms with van der Waals surface area (Å²) in [6, 6.07) is 69.2. The molecule has 9 aromatic rings. The maximum atomic E-state index is 6.83. The Morgan fingerprint density at radius 1 is 0.447 bits per heavy atom. The second-order valence-corrected chi connectivity index (χ2v) is 25.9. The Balaban J connectivity index is 0.00000706. The van der Waals surface area contributed by atoms with Crippen LogP contribution in [-0.2, 0) is 37.3 Å². The Labute approximate surface area is 468 Å². The van der Waals surface area contributed by atoms with Crippen molar-refractivity contribution in [1.29, 1.82) is 0 Å². The van der Waals surface area contributed by atoms with Crippen molar-refractivity contribution in [2.45, 2.75) is 120 Å². The molecule has 0 bridgehead atoms. The third-order valence-corrected chi connectivity index (χ3v) is 16.3. The molecule has 0 N–H and O–H groups in total. The van der Waals surface area contributed by atoms with Crippen molar-refractivity contribution in [3.05, 3.63) is 223 Å². The van der Waals surface area contributed by atoms with E-state index in [0.717, 1.165) is 44.7 Å². The van der Waals surface area contributed by atoms with Crippen LogP contribution in [0.25, 0.3) is 27.6 Å². The summed E-state index contributed by atoms with van der Waals surface area (Å²) in [5.74, 6) is 2.04. The van der Waals surface area contributed by atoms with Crippen molar-refractivity contribution < 1.29 is 25.8 Å². The average molecular weight is 1180 g/mol. The van der Waals surface area contributed by atoms with Crippen molar-refractivity contribution in [3.63, 3.8) is 0 Å². The van der Waals surface area contributed by atoms with Gasteiger partial charge in [-0.1, -0.05) is 219 Å². The minimum Gasteiger partial charge on any atom is -0.509 e. The van der Waals surface area contributed by atoms with Gasteiger partial charge in [-0.15, -0.1) is 48.1 Å².